The second-order valence-electron chi connectivity index (χ2n) is 8.24. The first kappa shape index (κ1) is 20.8. The molecule has 3 heteroatoms. The lowest BCUT2D eigenvalue weighted by atomic mass is 9.97. The number of aryl methyl sites for hydroxylation is 1. The van der Waals surface area contributed by atoms with Gasteiger partial charge in [-0.2, -0.15) is 5.10 Å². The molecular weight excluding hydrogens is 404 g/mol. The van der Waals surface area contributed by atoms with Crippen LogP contribution in [0.25, 0.3) is 39.2 Å². The molecule has 0 unspecified atom stereocenters. The molecule has 162 valence electrons. The number of benzene rings is 4. The topological polar surface area (TPSA) is 38.1 Å². The zero-order valence-corrected chi connectivity index (χ0v) is 18.9. The lowest BCUT2D eigenvalue weighted by molar-refractivity contribution is 0.475. The minimum atomic E-state index is 0.250. The van der Waals surface area contributed by atoms with Crippen molar-refractivity contribution in [3.63, 3.8) is 0 Å². The van der Waals surface area contributed by atoms with Crippen LogP contribution in [0.4, 0.5) is 0 Å². The van der Waals surface area contributed by atoms with E-state index < -0.39 is 0 Å². The summed E-state index contributed by atoms with van der Waals surface area (Å²) < 4.78 is 2.10. The monoisotopic (exact) mass is 430 g/mol. The second-order valence-corrected chi connectivity index (χ2v) is 8.24. The molecule has 0 spiro atoms. The minimum absolute atomic E-state index is 0.250. The van der Waals surface area contributed by atoms with Crippen LogP contribution in [0.2, 0.25) is 0 Å². The van der Waals surface area contributed by atoms with Crippen LogP contribution >= 0.6 is 0 Å². The fourth-order valence-electron chi connectivity index (χ4n) is 4.42. The third-order valence-corrected chi connectivity index (χ3v) is 5.98. The fourth-order valence-corrected chi connectivity index (χ4v) is 4.42. The maximum Gasteiger partial charge on any atom is 0.115 e. The SMILES string of the molecule is CCc1c(-c2ccccc2)c(-c2ccc(O)cc2)nn1-c1ccccc1-c1cccc(C)c1. The van der Waals surface area contributed by atoms with Crippen molar-refractivity contribution in [2.45, 2.75) is 20.3 Å². The lowest BCUT2D eigenvalue weighted by Crippen LogP contribution is -2.04. The third-order valence-electron chi connectivity index (χ3n) is 5.98. The van der Waals surface area contributed by atoms with Crippen molar-refractivity contribution in [2.75, 3.05) is 0 Å². The summed E-state index contributed by atoms with van der Waals surface area (Å²) in [6, 6.07) is 34.8. The average molecular weight is 431 g/mol. The van der Waals surface area contributed by atoms with Crippen LogP contribution in [0.5, 0.6) is 5.75 Å². The van der Waals surface area contributed by atoms with Crippen LogP contribution < -0.4 is 0 Å². The smallest absolute Gasteiger partial charge is 0.115 e. The van der Waals surface area contributed by atoms with Gasteiger partial charge in [-0.05, 0) is 54.8 Å². The van der Waals surface area contributed by atoms with Gasteiger partial charge in [0, 0.05) is 16.7 Å². The molecule has 0 aliphatic rings. The van der Waals surface area contributed by atoms with E-state index in [4.69, 9.17) is 5.10 Å². The number of phenols is 1. The lowest BCUT2D eigenvalue weighted by Gasteiger charge is -2.13. The Labute approximate surface area is 194 Å². The van der Waals surface area contributed by atoms with Gasteiger partial charge in [0.2, 0.25) is 0 Å². The Morgan fingerprint density at radius 1 is 0.727 bits per heavy atom. The Morgan fingerprint density at radius 3 is 2.15 bits per heavy atom. The van der Waals surface area contributed by atoms with Gasteiger partial charge in [0.1, 0.15) is 11.4 Å². The van der Waals surface area contributed by atoms with Crippen molar-refractivity contribution < 1.29 is 5.11 Å². The van der Waals surface area contributed by atoms with Gasteiger partial charge in [0.25, 0.3) is 0 Å². The molecule has 3 nitrogen and oxygen atoms in total. The quantitative estimate of drug-likeness (QED) is 0.314. The highest BCUT2D eigenvalue weighted by Crippen LogP contribution is 2.38. The second kappa shape index (κ2) is 8.79. The van der Waals surface area contributed by atoms with Crippen LogP contribution in [0.15, 0.2) is 103 Å². The molecule has 0 atom stereocenters. The largest absolute Gasteiger partial charge is 0.508 e. The minimum Gasteiger partial charge on any atom is -0.508 e. The van der Waals surface area contributed by atoms with Crippen molar-refractivity contribution in [1.82, 2.24) is 9.78 Å². The molecular formula is C30H26N2O. The molecule has 1 heterocycles. The van der Waals surface area contributed by atoms with E-state index in [2.05, 4.69) is 91.3 Å². The fraction of sp³-hybridized carbons (Fsp3) is 0.100. The van der Waals surface area contributed by atoms with E-state index in [0.717, 1.165) is 45.7 Å². The van der Waals surface area contributed by atoms with Gasteiger partial charge in [0.15, 0.2) is 0 Å². The summed E-state index contributed by atoms with van der Waals surface area (Å²) in [4.78, 5) is 0. The number of hydrogen-bond donors (Lipinski definition) is 1. The Hall–Kier alpha value is -4.11. The highest BCUT2D eigenvalue weighted by Gasteiger charge is 2.22. The van der Waals surface area contributed by atoms with Gasteiger partial charge in [-0.15, -0.1) is 0 Å². The summed E-state index contributed by atoms with van der Waals surface area (Å²) in [5.74, 6) is 0.250. The van der Waals surface area contributed by atoms with E-state index in [9.17, 15) is 5.11 Å². The highest BCUT2D eigenvalue weighted by molar-refractivity contribution is 5.84. The van der Waals surface area contributed by atoms with E-state index in [-0.39, 0.29) is 5.75 Å². The van der Waals surface area contributed by atoms with Gasteiger partial charge in [0.05, 0.1) is 11.4 Å². The molecule has 4 aromatic carbocycles. The normalized spacial score (nSPS) is 11.0. The number of rotatable bonds is 5. The zero-order chi connectivity index (χ0) is 22.8. The van der Waals surface area contributed by atoms with Gasteiger partial charge in [-0.25, -0.2) is 4.68 Å². The molecule has 0 fully saturated rings. The zero-order valence-electron chi connectivity index (χ0n) is 18.9. The predicted molar refractivity (Wildman–Crippen MR) is 136 cm³/mol. The molecule has 0 bridgehead atoms. The summed E-state index contributed by atoms with van der Waals surface area (Å²) in [6.07, 6.45) is 0.831. The molecule has 5 rings (SSSR count). The average Bonchev–Trinajstić information content (AvgIpc) is 3.24. The number of hydrogen-bond acceptors (Lipinski definition) is 2. The van der Waals surface area contributed by atoms with Crippen LogP contribution in [0.1, 0.15) is 18.2 Å². The van der Waals surface area contributed by atoms with Gasteiger partial charge < -0.3 is 5.11 Å². The number of nitrogens with zero attached hydrogens (tertiary/aromatic N) is 2. The summed E-state index contributed by atoms with van der Waals surface area (Å²) >= 11 is 0. The van der Waals surface area contributed by atoms with Crippen LogP contribution in [0.3, 0.4) is 0 Å². The van der Waals surface area contributed by atoms with Crippen LogP contribution in [-0.2, 0) is 6.42 Å². The van der Waals surface area contributed by atoms with Crippen molar-refractivity contribution in [2.24, 2.45) is 0 Å². The predicted octanol–water partition coefficient (Wildman–Crippen LogP) is 7.45. The highest BCUT2D eigenvalue weighted by atomic mass is 16.3. The van der Waals surface area contributed by atoms with E-state index in [1.807, 2.05) is 18.2 Å². The molecule has 0 saturated heterocycles. The van der Waals surface area contributed by atoms with Crippen molar-refractivity contribution in [1.29, 1.82) is 0 Å². The Bertz CT molecular complexity index is 1400. The molecule has 0 amide bonds. The molecule has 1 aromatic heterocycles. The van der Waals surface area contributed by atoms with E-state index >= 15 is 0 Å². The molecule has 1 N–H and O–H groups in total. The van der Waals surface area contributed by atoms with Crippen LogP contribution in [0, 0.1) is 6.92 Å². The number of aromatic hydroxyl groups is 1. The van der Waals surface area contributed by atoms with Gasteiger partial charge in [-0.1, -0.05) is 85.3 Å². The molecule has 0 radical (unpaired) electrons. The Kier molecular flexibility index (Phi) is 5.54. The molecule has 0 aliphatic carbocycles. The number of para-hydroxylation sites is 1. The van der Waals surface area contributed by atoms with Crippen molar-refractivity contribution in [3.8, 4) is 44.9 Å². The third kappa shape index (κ3) is 3.94. The Balaban J connectivity index is 1.79. The molecule has 5 aromatic rings. The number of aromatic nitrogens is 2. The summed E-state index contributed by atoms with van der Waals surface area (Å²) in [5, 5.41) is 15.0. The first-order valence-electron chi connectivity index (χ1n) is 11.3. The first-order valence-corrected chi connectivity index (χ1v) is 11.3. The summed E-state index contributed by atoms with van der Waals surface area (Å²) in [6.45, 7) is 4.30. The molecule has 0 aliphatic heterocycles. The number of phenolic OH excluding ortho intramolecular Hbond substituents is 1. The summed E-state index contributed by atoms with van der Waals surface area (Å²) in [7, 11) is 0. The molecule has 0 saturated carbocycles. The molecule has 33 heavy (non-hydrogen) atoms. The maximum absolute atomic E-state index is 9.83. The Morgan fingerprint density at radius 2 is 1.42 bits per heavy atom. The van der Waals surface area contributed by atoms with Crippen molar-refractivity contribution >= 4 is 0 Å². The van der Waals surface area contributed by atoms with E-state index in [1.54, 1.807) is 12.1 Å². The van der Waals surface area contributed by atoms with E-state index in [1.165, 1.54) is 11.1 Å². The summed E-state index contributed by atoms with van der Waals surface area (Å²) in [5.41, 5.74) is 9.93. The maximum atomic E-state index is 9.83. The standard InChI is InChI=1S/C30H26N2O/c1-3-27-29(22-11-5-4-6-12-22)30(23-16-18-25(33)19-17-23)31-32(27)28-15-8-7-14-26(28)24-13-9-10-21(2)20-24/h4-20,33H,3H2,1-2H3. The van der Waals surface area contributed by atoms with Crippen LogP contribution in [-0.4, -0.2) is 14.9 Å². The van der Waals surface area contributed by atoms with Crippen molar-refractivity contribution in [3.05, 3.63) is 114 Å². The first-order chi connectivity index (χ1) is 16.2. The van der Waals surface area contributed by atoms with Gasteiger partial charge in [-0.3, -0.25) is 0 Å². The van der Waals surface area contributed by atoms with Gasteiger partial charge >= 0.3 is 0 Å². The van der Waals surface area contributed by atoms with E-state index in [0.29, 0.717) is 0 Å².